The SMILES string of the molecule is CCOC(=O)CCNC(=O)c1ccc(NCC(C)CCc2ccc(-c3noc(-c4ccccc4)n3)cc2)cc1. The van der Waals surface area contributed by atoms with E-state index in [2.05, 4.69) is 39.8 Å². The van der Waals surface area contributed by atoms with E-state index in [1.54, 1.807) is 19.1 Å². The van der Waals surface area contributed by atoms with Gasteiger partial charge in [-0.15, -0.1) is 0 Å². The van der Waals surface area contributed by atoms with E-state index in [0.29, 0.717) is 29.8 Å². The first-order chi connectivity index (χ1) is 19.0. The van der Waals surface area contributed by atoms with Gasteiger partial charge in [-0.25, -0.2) is 0 Å². The number of amides is 1. The first-order valence-corrected chi connectivity index (χ1v) is 13.3. The molecule has 1 aromatic heterocycles. The van der Waals surface area contributed by atoms with Crippen LogP contribution in [0.15, 0.2) is 83.4 Å². The van der Waals surface area contributed by atoms with Crippen LogP contribution in [0.2, 0.25) is 0 Å². The molecule has 0 aliphatic rings. The van der Waals surface area contributed by atoms with E-state index in [9.17, 15) is 9.59 Å². The van der Waals surface area contributed by atoms with Crippen molar-refractivity contribution < 1.29 is 18.8 Å². The summed E-state index contributed by atoms with van der Waals surface area (Å²) in [4.78, 5) is 28.2. The van der Waals surface area contributed by atoms with Crippen LogP contribution in [0.3, 0.4) is 0 Å². The quantitative estimate of drug-likeness (QED) is 0.213. The number of aromatic nitrogens is 2. The van der Waals surface area contributed by atoms with Gasteiger partial charge in [0.05, 0.1) is 13.0 Å². The molecule has 0 fully saturated rings. The topological polar surface area (TPSA) is 106 Å². The number of nitrogens with one attached hydrogen (secondary N) is 2. The van der Waals surface area contributed by atoms with Crippen LogP contribution >= 0.6 is 0 Å². The van der Waals surface area contributed by atoms with Crippen molar-refractivity contribution in [2.75, 3.05) is 25.0 Å². The van der Waals surface area contributed by atoms with Gasteiger partial charge in [0.25, 0.3) is 11.8 Å². The molecule has 0 radical (unpaired) electrons. The number of hydrogen-bond acceptors (Lipinski definition) is 7. The monoisotopic (exact) mass is 526 g/mol. The highest BCUT2D eigenvalue weighted by atomic mass is 16.5. The Labute approximate surface area is 228 Å². The van der Waals surface area contributed by atoms with Gasteiger partial charge in [-0.3, -0.25) is 9.59 Å². The summed E-state index contributed by atoms with van der Waals surface area (Å²) in [5, 5.41) is 10.3. The van der Waals surface area contributed by atoms with Crippen LogP contribution in [0, 0.1) is 5.92 Å². The maximum Gasteiger partial charge on any atom is 0.307 e. The molecule has 1 heterocycles. The number of carbonyl (C=O) groups is 2. The number of ether oxygens (including phenoxy) is 1. The summed E-state index contributed by atoms with van der Waals surface area (Å²) in [6.45, 7) is 5.40. The number of esters is 1. The third kappa shape index (κ3) is 8.26. The lowest BCUT2D eigenvalue weighted by molar-refractivity contribution is -0.142. The summed E-state index contributed by atoms with van der Waals surface area (Å²) in [7, 11) is 0. The number of nitrogens with zero attached hydrogens (tertiary/aromatic N) is 2. The molecule has 0 saturated heterocycles. The minimum atomic E-state index is -0.315. The molecule has 1 amide bonds. The molecule has 0 bridgehead atoms. The highest BCUT2D eigenvalue weighted by Crippen LogP contribution is 2.23. The molecule has 39 heavy (non-hydrogen) atoms. The maximum absolute atomic E-state index is 12.2. The fourth-order valence-electron chi connectivity index (χ4n) is 4.02. The molecular weight excluding hydrogens is 492 g/mol. The Hall–Kier alpha value is -4.46. The second-order valence-electron chi connectivity index (χ2n) is 9.40. The van der Waals surface area contributed by atoms with Crippen molar-refractivity contribution in [3.63, 3.8) is 0 Å². The van der Waals surface area contributed by atoms with E-state index < -0.39 is 0 Å². The predicted octanol–water partition coefficient (Wildman–Crippen LogP) is 5.77. The summed E-state index contributed by atoms with van der Waals surface area (Å²) in [5.41, 5.74) is 4.60. The van der Waals surface area contributed by atoms with E-state index in [1.807, 2.05) is 54.6 Å². The van der Waals surface area contributed by atoms with Crippen molar-refractivity contribution in [1.29, 1.82) is 0 Å². The van der Waals surface area contributed by atoms with Gasteiger partial charge in [-0.2, -0.15) is 4.98 Å². The fraction of sp³-hybridized carbons (Fsp3) is 0.290. The van der Waals surface area contributed by atoms with Crippen molar-refractivity contribution in [3.8, 4) is 22.8 Å². The Bertz CT molecular complexity index is 1340. The van der Waals surface area contributed by atoms with Gasteiger partial charge in [0.15, 0.2) is 0 Å². The van der Waals surface area contributed by atoms with Crippen LogP contribution in [-0.2, 0) is 16.0 Å². The molecule has 0 spiro atoms. The zero-order valence-electron chi connectivity index (χ0n) is 22.4. The standard InChI is InChI=1S/C31H34N4O4/c1-3-38-28(36)19-20-32-30(37)25-15-17-27(18-16-25)33-21-22(2)9-10-23-11-13-24(14-12-23)29-34-31(39-35-29)26-7-5-4-6-8-26/h4-8,11-18,22,33H,3,9-10,19-21H2,1-2H3,(H,32,37). The lowest BCUT2D eigenvalue weighted by Gasteiger charge is -2.14. The fourth-order valence-corrected chi connectivity index (χ4v) is 4.02. The van der Waals surface area contributed by atoms with Crippen LogP contribution in [0.1, 0.15) is 42.6 Å². The Balaban J connectivity index is 1.18. The van der Waals surface area contributed by atoms with Gasteiger partial charge in [0.2, 0.25) is 5.82 Å². The highest BCUT2D eigenvalue weighted by molar-refractivity contribution is 5.94. The molecule has 4 aromatic rings. The third-order valence-corrected chi connectivity index (χ3v) is 6.31. The number of benzene rings is 3. The number of rotatable bonds is 13. The second-order valence-corrected chi connectivity index (χ2v) is 9.40. The lowest BCUT2D eigenvalue weighted by atomic mass is 10.00. The van der Waals surface area contributed by atoms with Crippen LogP contribution < -0.4 is 10.6 Å². The first-order valence-electron chi connectivity index (χ1n) is 13.3. The zero-order valence-corrected chi connectivity index (χ0v) is 22.4. The second kappa shape index (κ2) is 13.9. The van der Waals surface area contributed by atoms with Crippen LogP contribution in [0.5, 0.6) is 0 Å². The van der Waals surface area contributed by atoms with Crippen molar-refractivity contribution in [3.05, 3.63) is 90.0 Å². The molecule has 1 unspecified atom stereocenters. The summed E-state index contributed by atoms with van der Waals surface area (Å²) in [6.07, 6.45) is 2.17. The minimum Gasteiger partial charge on any atom is -0.466 e. The van der Waals surface area contributed by atoms with Gasteiger partial charge < -0.3 is 19.9 Å². The predicted molar refractivity (Wildman–Crippen MR) is 151 cm³/mol. The van der Waals surface area contributed by atoms with Crippen LogP contribution in [0.25, 0.3) is 22.8 Å². The van der Waals surface area contributed by atoms with Gasteiger partial charge in [-0.05, 0) is 67.6 Å². The number of aryl methyl sites for hydroxylation is 1. The molecule has 8 nitrogen and oxygen atoms in total. The van der Waals surface area contributed by atoms with Gasteiger partial charge in [0, 0.05) is 35.5 Å². The molecule has 8 heteroatoms. The minimum absolute atomic E-state index is 0.162. The Morgan fingerprint density at radius 2 is 1.69 bits per heavy atom. The number of carbonyl (C=O) groups excluding carboxylic acids is 2. The summed E-state index contributed by atoms with van der Waals surface area (Å²) in [6, 6.07) is 25.4. The van der Waals surface area contributed by atoms with Crippen LogP contribution in [-0.4, -0.2) is 41.7 Å². The van der Waals surface area contributed by atoms with E-state index >= 15 is 0 Å². The summed E-state index contributed by atoms with van der Waals surface area (Å²) in [5.74, 6) is 1.03. The molecule has 0 saturated carbocycles. The van der Waals surface area contributed by atoms with Gasteiger partial charge in [0.1, 0.15) is 0 Å². The Kier molecular flexibility index (Phi) is 9.83. The maximum atomic E-state index is 12.2. The van der Waals surface area contributed by atoms with E-state index in [1.165, 1.54) is 5.56 Å². The number of hydrogen-bond donors (Lipinski definition) is 2. The molecule has 4 rings (SSSR count). The number of anilines is 1. The van der Waals surface area contributed by atoms with Gasteiger partial charge >= 0.3 is 5.97 Å². The largest absolute Gasteiger partial charge is 0.466 e. The van der Waals surface area contributed by atoms with Crippen molar-refractivity contribution in [2.45, 2.75) is 33.1 Å². The van der Waals surface area contributed by atoms with E-state index in [4.69, 9.17) is 9.26 Å². The first kappa shape index (κ1) is 27.6. The molecule has 202 valence electrons. The smallest absolute Gasteiger partial charge is 0.307 e. The van der Waals surface area contributed by atoms with Crippen molar-refractivity contribution >= 4 is 17.6 Å². The van der Waals surface area contributed by atoms with Crippen molar-refractivity contribution in [1.82, 2.24) is 15.5 Å². The Morgan fingerprint density at radius 3 is 2.41 bits per heavy atom. The van der Waals surface area contributed by atoms with Gasteiger partial charge in [-0.1, -0.05) is 54.5 Å². The molecular formula is C31H34N4O4. The molecule has 3 aromatic carbocycles. The summed E-state index contributed by atoms with van der Waals surface area (Å²) < 4.78 is 10.3. The normalized spacial score (nSPS) is 11.5. The third-order valence-electron chi connectivity index (χ3n) is 6.31. The van der Waals surface area contributed by atoms with E-state index in [-0.39, 0.29) is 24.8 Å². The molecule has 0 aliphatic heterocycles. The molecule has 1 atom stereocenters. The highest BCUT2D eigenvalue weighted by Gasteiger charge is 2.11. The van der Waals surface area contributed by atoms with Crippen molar-refractivity contribution in [2.24, 2.45) is 5.92 Å². The zero-order chi connectivity index (χ0) is 27.5. The lowest BCUT2D eigenvalue weighted by Crippen LogP contribution is -2.26. The van der Waals surface area contributed by atoms with Crippen LogP contribution in [0.4, 0.5) is 5.69 Å². The summed E-state index contributed by atoms with van der Waals surface area (Å²) >= 11 is 0. The molecule has 0 aliphatic carbocycles. The van der Waals surface area contributed by atoms with E-state index in [0.717, 1.165) is 36.2 Å². The Morgan fingerprint density at radius 1 is 0.949 bits per heavy atom. The molecule has 2 N–H and O–H groups in total. The average molecular weight is 527 g/mol. The average Bonchev–Trinajstić information content (AvgIpc) is 3.47.